The lowest BCUT2D eigenvalue weighted by molar-refractivity contribution is 0.0929. The van der Waals surface area contributed by atoms with Crippen molar-refractivity contribution in [3.05, 3.63) is 91.4 Å². The summed E-state index contributed by atoms with van der Waals surface area (Å²) in [6, 6.07) is 3.38. The number of anilines is 1. The summed E-state index contributed by atoms with van der Waals surface area (Å²) >= 11 is 5.54. The number of pyridine rings is 1. The Labute approximate surface area is 205 Å². The molecule has 0 aliphatic carbocycles. The molecule has 186 valence electrons. The van der Waals surface area contributed by atoms with Gasteiger partial charge in [0.15, 0.2) is 23.1 Å². The van der Waals surface area contributed by atoms with Crippen LogP contribution in [0.5, 0.6) is 5.75 Å². The van der Waals surface area contributed by atoms with Crippen molar-refractivity contribution in [1.29, 1.82) is 0 Å². The molecule has 2 amide bonds. The monoisotopic (exact) mass is 521 g/mol. The smallest absolute Gasteiger partial charge is 0.279 e. The van der Waals surface area contributed by atoms with Gasteiger partial charge in [0, 0.05) is 30.9 Å². The van der Waals surface area contributed by atoms with E-state index in [4.69, 9.17) is 11.6 Å². The summed E-state index contributed by atoms with van der Waals surface area (Å²) in [6.45, 7) is -0.401. The van der Waals surface area contributed by atoms with E-state index in [1.54, 1.807) is 0 Å². The highest BCUT2D eigenvalue weighted by Crippen LogP contribution is 2.38. The van der Waals surface area contributed by atoms with Crippen LogP contribution >= 0.6 is 11.6 Å². The molecule has 2 N–H and O–H groups in total. The van der Waals surface area contributed by atoms with Gasteiger partial charge in [-0.25, -0.2) is 17.6 Å². The molecule has 2 aliphatic rings. The minimum absolute atomic E-state index is 0.0343. The van der Waals surface area contributed by atoms with E-state index in [2.05, 4.69) is 5.32 Å². The van der Waals surface area contributed by atoms with E-state index < -0.39 is 69.4 Å². The van der Waals surface area contributed by atoms with Crippen molar-refractivity contribution in [2.45, 2.75) is 25.4 Å². The molecule has 36 heavy (non-hydrogen) atoms. The molecule has 2 aliphatic heterocycles. The maximum Gasteiger partial charge on any atom is 0.279 e. The molecule has 0 unspecified atom stereocenters. The van der Waals surface area contributed by atoms with Crippen LogP contribution in [0.3, 0.4) is 0 Å². The zero-order valence-electron chi connectivity index (χ0n) is 18.2. The number of hydrogen-bond donors (Lipinski definition) is 2. The average Bonchev–Trinajstić information content (AvgIpc) is 3.00. The molecule has 1 atom stereocenters. The largest absolute Gasteiger partial charge is 0.503 e. The summed E-state index contributed by atoms with van der Waals surface area (Å²) in [5, 5.41) is 12.2. The lowest BCUT2D eigenvalue weighted by Crippen LogP contribution is -2.44. The third-order valence-electron chi connectivity index (χ3n) is 6.40. The molecular formula is C24H16ClF4N3O4. The summed E-state index contributed by atoms with van der Waals surface area (Å²) in [4.78, 5) is 40.0. The molecular weight excluding hydrogens is 506 g/mol. The minimum Gasteiger partial charge on any atom is -0.503 e. The number of nitrogens with zero attached hydrogens (tertiary/aromatic N) is 2. The Morgan fingerprint density at radius 1 is 1.11 bits per heavy atom. The van der Waals surface area contributed by atoms with E-state index in [-0.39, 0.29) is 29.9 Å². The lowest BCUT2D eigenvalue weighted by atomic mass is 10.0. The molecule has 2 aromatic carbocycles. The van der Waals surface area contributed by atoms with Gasteiger partial charge in [0.2, 0.25) is 5.43 Å². The van der Waals surface area contributed by atoms with Gasteiger partial charge in [-0.15, -0.1) is 0 Å². The molecule has 5 rings (SSSR count). The van der Waals surface area contributed by atoms with E-state index in [1.165, 1.54) is 9.47 Å². The molecule has 3 heterocycles. The molecule has 0 radical (unpaired) electrons. The fraction of sp³-hybridized carbons (Fsp3) is 0.208. The van der Waals surface area contributed by atoms with Crippen molar-refractivity contribution in [1.82, 2.24) is 9.88 Å². The average molecular weight is 522 g/mol. The lowest BCUT2D eigenvalue weighted by Gasteiger charge is -2.35. The second kappa shape index (κ2) is 8.66. The van der Waals surface area contributed by atoms with Crippen LogP contribution in [0.25, 0.3) is 0 Å². The first kappa shape index (κ1) is 23.9. The van der Waals surface area contributed by atoms with Crippen LogP contribution < -0.4 is 15.6 Å². The standard InChI is InChI=1S/C24H16ClF4N3O4/c25-18-14(26)4-2-11(19(18)29)7-30-23(35)13-9-31-12-3-1-10-5-15(27)16(28)6-17(10)32(8-12)24(36)20(31)22(34)21(13)33/h2,4-6,9,12,34H,1,3,7-8H2,(H,30,35)/t12-/m0/s1. The van der Waals surface area contributed by atoms with Gasteiger partial charge in [0.1, 0.15) is 22.2 Å². The minimum atomic E-state index is -1.14. The summed E-state index contributed by atoms with van der Waals surface area (Å²) in [7, 11) is 0. The number of rotatable bonds is 3. The summed E-state index contributed by atoms with van der Waals surface area (Å²) in [5.41, 5.74) is -1.65. The second-order valence-electron chi connectivity index (χ2n) is 8.50. The van der Waals surface area contributed by atoms with E-state index in [0.717, 1.165) is 30.5 Å². The highest BCUT2D eigenvalue weighted by atomic mass is 35.5. The van der Waals surface area contributed by atoms with Gasteiger partial charge in [-0.1, -0.05) is 17.7 Å². The van der Waals surface area contributed by atoms with Gasteiger partial charge in [0.05, 0.1) is 11.7 Å². The van der Waals surface area contributed by atoms with Crippen molar-refractivity contribution in [2.24, 2.45) is 0 Å². The predicted molar refractivity (Wildman–Crippen MR) is 120 cm³/mol. The molecule has 7 nitrogen and oxygen atoms in total. The highest BCUT2D eigenvalue weighted by molar-refractivity contribution is 6.31. The number of fused-ring (bicyclic) bond motifs is 6. The molecule has 12 heteroatoms. The number of benzene rings is 2. The molecule has 0 saturated heterocycles. The number of carbonyl (C=O) groups is 2. The first-order valence-electron chi connectivity index (χ1n) is 10.8. The van der Waals surface area contributed by atoms with Crippen LogP contribution in [0.4, 0.5) is 23.2 Å². The Hall–Kier alpha value is -3.86. The second-order valence-corrected chi connectivity index (χ2v) is 8.87. The quantitative estimate of drug-likeness (QED) is 0.405. The highest BCUT2D eigenvalue weighted by Gasteiger charge is 2.39. The Morgan fingerprint density at radius 2 is 1.83 bits per heavy atom. The van der Waals surface area contributed by atoms with Crippen molar-refractivity contribution in [3.8, 4) is 5.75 Å². The van der Waals surface area contributed by atoms with Crippen LogP contribution in [0.1, 0.15) is 44.4 Å². The molecule has 1 aromatic heterocycles. The zero-order valence-corrected chi connectivity index (χ0v) is 19.0. The number of aromatic nitrogens is 1. The Balaban J connectivity index is 1.50. The first-order valence-corrected chi connectivity index (χ1v) is 11.1. The SMILES string of the molecule is O=C(NCc1ccc(F)c(Cl)c1F)c1cn2c(c(O)c1=O)C(=O)N1C[C@@H]2CCc2cc(F)c(F)cc21. The fourth-order valence-electron chi connectivity index (χ4n) is 4.55. The maximum atomic E-state index is 14.1. The van der Waals surface area contributed by atoms with Gasteiger partial charge in [-0.3, -0.25) is 14.4 Å². The number of aryl methyl sites for hydroxylation is 1. The number of nitrogens with one attached hydrogen (secondary N) is 1. The maximum absolute atomic E-state index is 14.1. The van der Waals surface area contributed by atoms with Gasteiger partial charge in [0.25, 0.3) is 11.8 Å². The normalized spacial score (nSPS) is 16.3. The van der Waals surface area contributed by atoms with Gasteiger partial charge < -0.3 is 19.9 Å². The Bertz CT molecular complexity index is 1520. The van der Waals surface area contributed by atoms with E-state index in [0.29, 0.717) is 12.0 Å². The van der Waals surface area contributed by atoms with Crippen LogP contribution in [-0.4, -0.2) is 28.0 Å². The van der Waals surface area contributed by atoms with Gasteiger partial charge in [-0.05, 0) is 30.5 Å². The van der Waals surface area contributed by atoms with E-state index >= 15 is 0 Å². The van der Waals surface area contributed by atoms with Crippen molar-refractivity contribution >= 4 is 29.1 Å². The third kappa shape index (κ3) is 3.70. The van der Waals surface area contributed by atoms with Gasteiger partial charge in [-0.2, -0.15) is 0 Å². The third-order valence-corrected chi connectivity index (χ3v) is 6.75. The number of hydrogen-bond acceptors (Lipinski definition) is 4. The summed E-state index contributed by atoms with van der Waals surface area (Å²) in [6.07, 6.45) is 1.72. The number of halogens is 5. The Kier molecular flexibility index (Phi) is 5.74. The molecule has 2 bridgehead atoms. The zero-order chi connectivity index (χ0) is 25.9. The van der Waals surface area contributed by atoms with Crippen molar-refractivity contribution in [3.63, 3.8) is 0 Å². The number of amides is 2. The fourth-order valence-corrected chi connectivity index (χ4v) is 4.74. The topological polar surface area (TPSA) is 91.6 Å². The Morgan fingerprint density at radius 3 is 2.58 bits per heavy atom. The summed E-state index contributed by atoms with van der Waals surface area (Å²) < 4.78 is 56.6. The first-order chi connectivity index (χ1) is 17.1. The molecule has 0 saturated carbocycles. The number of carbonyl (C=O) groups excluding carboxylic acids is 2. The predicted octanol–water partition coefficient (Wildman–Crippen LogP) is 3.84. The molecule has 0 spiro atoms. The van der Waals surface area contributed by atoms with Crippen molar-refractivity contribution in [2.75, 3.05) is 11.4 Å². The van der Waals surface area contributed by atoms with Crippen LogP contribution in [-0.2, 0) is 13.0 Å². The van der Waals surface area contributed by atoms with Crippen LogP contribution in [0.15, 0.2) is 35.3 Å². The van der Waals surface area contributed by atoms with Gasteiger partial charge >= 0.3 is 0 Å². The molecule has 3 aromatic rings. The van der Waals surface area contributed by atoms with E-state index in [9.17, 15) is 37.1 Å². The van der Waals surface area contributed by atoms with E-state index in [1.807, 2.05) is 0 Å². The van der Waals surface area contributed by atoms with Crippen LogP contribution in [0, 0.1) is 23.3 Å². The van der Waals surface area contributed by atoms with Crippen LogP contribution in [0.2, 0.25) is 5.02 Å². The summed E-state index contributed by atoms with van der Waals surface area (Å²) in [5.74, 6) is -7.02. The van der Waals surface area contributed by atoms with Crippen molar-refractivity contribution < 1.29 is 32.3 Å². The molecule has 0 fully saturated rings. The number of aromatic hydroxyl groups is 1.